The predicted octanol–water partition coefficient (Wildman–Crippen LogP) is 6.08. The lowest BCUT2D eigenvalue weighted by Gasteiger charge is -2.07. The molecule has 7 rings (SSSR count). The van der Waals surface area contributed by atoms with Crippen molar-refractivity contribution in [3.63, 3.8) is 0 Å². The molecule has 0 aliphatic rings. The quantitative estimate of drug-likeness (QED) is 0.265. The van der Waals surface area contributed by atoms with Crippen molar-refractivity contribution in [2.45, 2.75) is 0 Å². The van der Waals surface area contributed by atoms with Crippen LogP contribution in [0.5, 0.6) is 0 Å². The molecule has 0 atom stereocenters. The van der Waals surface area contributed by atoms with Gasteiger partial charge in [0.1, 0.15) is 11.2 Å². The Morgan fingerprint density at radius 2 is 1.82 bits per heavy atom. The molecule has 6 heterocycles. The fraction of sp³-hybridized carbons (Fsp3) is 0. The summed E-state index contributed by atoms with van der Waals surface area (Å²) >= 11 is 0. The van der Waals surface area contributed by atoms with E-state index in [9.17, 15) is 4.79 Å². The third-order valence-corrected chi connectivity index (χ3v) is 6.33. The zero-order chi connectivity index (χ0) is 25.5. The molecule has 0 saturated heterocycles. The van der Waals surface area contributed by atoms with Crippen LogP contribution in [-0.2, 0) is 0 Å². The minimum absolute atomic E-state index is 0.201. The Balaban J connectivity index is 1.25. The number of benzene rings is 1. The molecule has 9 heteroatoms. The number of furan rings is 1. The van der Waals surface area contributed by atoms with Crippen LogP contribution < -0.4 is 5.32 Å². The van der Waals surface area contributed by atoms with E-state index in [1.807, 2.05) is 54.6 Å². The number of rotatable bonds is 5. The molecule has 0 spiro atoms. The van der Waals surface area contributed by atoms with Gasteiger partial charge in [0, 0.05) is 40.0 Å². The highest BCUT2D eigenvalue weighted by molar-refractivity contribution is 6.04. The maximum absolute atomic E-state index is 12.6. The van der Waals surface area contributed by atoms with E-state index >= 15 is 0 Å². The number of H-pyrrole nitrogens is 2. The van der Waals surface area contributed by atoms with Crippen molar-refractivity contribution >= 4 is 33.5 Å². The van der Waals surface area contributed by atoms with Gasteiger partial charge in [-0.05, 0) is 48.5 Å². The number of aromatic nitrogens is 6. The number of fused-ring (bicyclic) bond motifs is 2. The predicted molar refractivity (Wildman–Crippen MR) is 144 cm³/mol. The first-order chi connectivity index (χ1) is 18.7. The largest absolute Gasteiger partial charge is 0.472 e. The van der Waals surface area contributed by atoms with Crippen molar-refractivity contribution in [2.24, 2.45) is 0 Å². The lowest BCUT2D eigenvalue weighted by molar-refractivity contribution is 0.102. The summed E-state index contributed by atoms with van der Waals surface area (Å²) in [5, 5.41) is 11.5. The van der Waals surface area contributed by atoms with Gasteiger partial charge < -0.3 is 14.7 Å². The second-order valence-electron chi connectivity index (χ2n) is 8.76. The topological polar surface area (TPSA) is 125 Å². The van der Waals surface area contributed by atoms with E-state index in [1.54, 1.807) is 43.2 Å². The van der Waals surface area contributed by atoms with Crippen molar-refractivity contribution in [2.75, 3.05) is 5.32 Å². The number of nitrogens with zero attached hydrogens (tertiary/aromatic N) is 4. The number of aromatic amines is 2. The Bertz CT molecular complexity index is 1920. The van der Waals surface area contributed by atoms with Gasteiger partial charge in [0.15, 0.2) is 0 Å². The fourth-order valence-corrected chi connectivity index (χ4v) is 4.50. The minimum atomic E-state index is -0.201. The van der Waals surface area contributed by atoms with Crippen LogP contribution in [0.2, 0.25) is 0 Å². The van der Waals surface area contributed by atoms with Crippen molar-refractivity contribution in [3.05, 3.63) is 103 Å². The molecule has 0 aliphatic carbocycles. The van der Waals surface area contributed by atoms with Gasteiger partial charge in [0.05, 0.1) is 47.0 Å². The highest BCUT2D eigenvalue weighted by Gasteiger charge is 2.16. The van der Waals surface area contributed by atoms with Gasteiger partial charge in [0.25, 0.3) is 5.91 Å². The second-order valence-corrected chi connectivity index (χ2v) is 8.76. The van der Waals surface area contributed by atoms with Gasteiger partial charge in [-0.2, -0.15) is 5.10 Å². The molecule has 9 nitrogen and oxygen atoms in total. The summed E-state index contributed by atoms with van der Waals surface area (Å²) < 4.78 is 5.26. The number of carbonyl (C=O) groups excluding carboxylic acids is 1. The van der Waals surface area contributed by atoms with Crippen LogP contribution in [-0.4, -0.2) is 36.0 Å². The van der Waals surface area contributed by atoms with Crippen molar-refractivity contribution in [1.82, 2.24) is 30.1 Å². The number of carbonyl (C=O) groups is 1. The Hall–Kier alpha value is -5.57. The van der Waals surface area contributed by atoms with Crippen LogP contribution in [0.25, 0.3) is 55.8 Å². The van der Waals surface area contributed by atoms with Crippen LogP contribution in [0.15, 0.2) is 102 Å². The number of hydrogen-bond acceptors (Lipinski definition) is 6. The third kappa shape index (κ3) is 3.79. The Labute approximate surface area is 215 Å². The summed E-state index contributed by atoms with van der Waals surface area (Å²) in [6.07, 6.45) is 8.41. The molecule has 0 radical (unpaired) electrons. The molecule has 0 fully saturated rings. The highest BCUT2D eigenvalue weighted by atomic mass is 16.3. The van der Waals surface area contributed by atoms with E-state index in [0.29, 0.717) is 28.2 Å². The third-order valence-electron chi connectivity index (χ3n) is 6.33. The van der Waals surface area contributed by atoms with Crippen LogP contribution in [0, 0.1) is 0 Å². The number of pyridine rings is 3. The van der Waals surface area contributed by atoms with E-state index in [1.165, 1.54) is 0 Å². The zero-order valence-electron chi connectivity index (χ0n) is 19.8. The second kappa shape index (κ2) is 8.82. The van der Waals surface area contributed by atoms with Gasteiger partial charge >= 0.3 is 0 Å². The van der Waals surface area contributed by atoms with E-state index < -0.39 is 0 Å². The lowest BCUT2D eigenvalue weighted by atomic mass is 10.1. The average molecular weight is 498 g/mol. The van der Waals surface area contributed by atoms with Crippen LogP contribution in [0.1, 0.15) is 10.4 Å². The van der Waals surface area contributed by atoms with Crippen LogP contribution >= 0.6 is 0 Å². The highest BCUT2D eigenvalue weighted by Crippen LogP contribution is 2.33. The SMILES string of the molecule is O=C(Nc1cncc(-c2ccc3[nH]nc(-c4cc5c(-c6ccoc6)nccc5[nH]4)c3n2)c1)c1ccccc1. The van der Waals surface area contributed by atoms with Gasteiger partial charge in [-0.25, -0.2) is 4.98 Å². The average Bonchev–Trinajstić information content (AvgIpc) is 3.73. The Kier molecular flexibility index (Phi) is 5.04. The van der Waals surface area contributed by atoms with Crippen molar-refractivity contribution < 1.29 is 9.21 Å². The zero-order valence-corrected chi connectivity index (χ0v) is 19.8. The van der Waals surface area contributed by atoms with Gasteiger partial charge in [-0.3, -0.25) is 19.9 Å². The number of anilines is 1. The summed E-state index contributed by atoms with van der Waals surface area (Å²) in [5.74, 6) is -0.201. The summed E-state index contributed by atoms with van der Waals surface area (Å²) in [6.45, 7) is 0. The van der Waals surface area contributed by atoms with Gasteiger partial charge in [0.2, 0.25) is 0 Å². The summed E-state index contributed by atoms with van der Waals surface area (Å²) in [4.78, 5) is 29.8. The minimum Gasteiger partial charge on any atom is -0.472 e. The first kappa shape index (κ1) is 21.7. The van der Waals surface area contributed by atoms with Crippen LogP contribution in [0.4, 0.5) is 5.69 Å². The number of hydrogen-bond donors (Lipinski definition) is 3. The van der Waals surface area contributed by atoms with Gasteiger partial charge in [-0.1, -0.05) is 18.2 Å². The molecule has 0 unspecified atom stereocenters. The van der Waals surface area contributed by atoms with Gasteiger partial charge in [-0.15, -0.1) is 0 Å². The molecule has 6 aromatic heterocycles. The molecule has 3 N–H and O–H groups in total. The first-order valence-corrected chi connectivity index (χ1v) is 11.9. The fourth-order valence-electron chi connectivity index (χ4n) is 4.50. The molecular weight excluding hydrogens is 478 g/mol. The summed E-state index contributed by atoms with van der Waals surface area (Å²) in [5.41, 5.74) is 8.33. The monoisotopic (exact) mass is 497 g/mol. The first-order valence-electron chi connectivity index (χ1n) is 11.9. The Morgan fingerprint density at radius 3 is 2.68 bits per heavy atom. The maximum Gasteiger partial charge on any atom is 0.255 e. The molecule has 7 aromatic rings. The number of amides is 1. The van der Waals surface area contributed by atoms with Crippen molar-refractivity contribution in [1.29, 1.82) is 0 Å². The Morgan fingerprint density at radius 1 is 0.895 bits per heavy atom. The molecule has 1 aromatic carbocycles. The molecule has 182 valence electrons. The summed E-state index contributed by atoms with van der Waals surface area (Å²) in [6, 6.07) is 20.6. The molecule has 0 aliphatic heterocycles. The standard InChI is InChI=1S/C29H19N7O2/c37-29(17-4-2-1-3-5-17)32-20-12-19(14-30-15-20)22-6-7-24-27(34-22)28(36-35-24)25-13-21-23(33-25)8-10-31-26(21)18-9-11-38-16-18/h1-16,33H,(H,32,37)(H,35,36). The summed E-state index contributed by atoms with van der Waals surface area (Å²) in [7, 11) is 0. The number of nitrogens with one attached hydrogen (secondary N) is 3. The molecule has 1 amide bonds. The smallest absolute Gasteiger partial charge is 0.255 e. The molecule has 38 heavy (non-hydrogen) atoms. The van der Waals surface area contributed by atoms with E-state index in [4.69, 9.17) is 9.40 Å². The lowest BCUT2D eigenvalue weighted by Crippen LogP contribution is -2.11. The van der Waals surface area contributed by atoms with Crippen molar-refractivity contribution in [3.8, 4) is 33.9 Å². The van der Waals surface area contributed by atoms with E-state index in [-0.39, 0.29) is 5.91 Å². The van der Waals surface area contributed by atoms with E-state index in [0.717, 1.165) is 38.9 Å². The van der Waals surface area contributed by atoms with Crippen LogP contribution in [0.3, 0.4) is 0 Å². The molecule has 0 saturated carbocycles. The van der Waals surface area contributed by atoms with E-state index in [2.05, 4.69) is 30.5 Å². The molecule has 0 bridgehead atoms. The normalized spacial score (nSPS) is 11.3. The maximum atomic E-state index is 12.6. The molecular formula is C29H19N7O2.